The Balaban J connectivity index is 1.55. The van der Waals surface area contributed by atoms with Gasteiger partial charge in [0, 0.05) is 18.0 Å². The van der Waals surface area contributed by atoms with E-state index in [9.17, 15) is 8.42 Å². The molecule has 4 rings (SSSR count). The van der Waals surface area contributed by atoms with Gasteiger partial charge in [0.2, 0.25) is 5.89 Å². The molecule has 0 bridgehead atoms. The molecule has 26 heavy (non-hydrogen) atoms. The Morgan fingerprint density at radius 1 is 1.15 bits per heavy atom. The highest BCUT2D eigenvalue weighted by Gasteiger charge is 2.62. The van der Waals surface area contributed by atoms with Crippen molar-refractivity contribution in [2.75, 3.05) is 0 Å². The zero-order valence-corrected chi connectivity index (χ0v) is 15.7. The summed E-state index contributed by atoms with van der Waals surface area (Å²) in [5.41, 5.74) is 0.835. The number of hydrogen-bond donors (Lipinski definition) is 1. The summed E-state index contributed by atoms with van der Waals surface area (Å²) in [7, 11) is -4.28. The summed E-state index contributed by atoms with van der Waals surface area (Å²) in [5, 5.41) is 3.89. The predicted molar refractivity (Wildman–Crippen MR) is 93.4 cm³/mol. The van der Waals surface area contributed by atoms with E-state index in [1.807, 2.05) is 0 Å². The van der Waals surface area contributed by atoms with Crippen molar-refractivity contribution >= 4 is 10.1 Å². The van der Waals surface area contributed by atoms with Crippen LogP contribution in [0.3, 0.4) is 0 Å². The maximum absolute atomic E-state index is 11.2. The van der Waals surface area contributed by atoms with Gasteiger partial charge in [-0.05, 0) is 29.9 Å². The number of pyridine rings is 1. The topological polar surface area (TPSA) is 106 Å². The summed E-state index contributed by atoms with van der Waals surface area (Å²) in [6.07, 6.45) is 7.48. The maximum Gasteiger partial charge on any atom is 0.312 e. The molecule has 8 heteroatoms. The molecule has 0 saturated heterocycles. The van der Waals surface area contributed by atoms with E-state index in [0.29, 0.717) is 11.8 Å². The molecule has 2 atom stereocenters. The highest BCUT2D eigenvalue weighted by atomic mass is 32.2. The van der Waals surface area contributed by atoms with Crippen molar-refractivity contribution < 1.29 is 17.5 Å². The molecule has 0 aromatic carbocycles. The lowest BCUT2D eigenvalue weighted by Crippen LogP contribution is -2.06. The minimum Gasteiger partial charge on any atom is -0.339 e. The molecular weight excluding hydrogens is 354 g/mol. The second-order valence-electron chi connectivity index (χ2n) is 8.01. The molecule has 0 aliphatic heterocycles. The van der Waals surface area contributed by atoms with Gasteiger partial charge in [0.1, 0.15) is 0 Å². The van der Waals surface area contributed by atoms with E-state index in [1.165, 1.54) is 31.5 Å². The lowest BCUT2D eigenvalue weighted by molar-refractivity contribution is 0.351. The average molecular weight is 377 g/mol. The van der Waals surface area contributed by atoms with Gasteiger partial charge in [0.15, 0.2) is 10.9 Å². The molecule has 2 saturated carbocycles. The molecule has 7 nitrogen and oxygen atoms in total. The molecule has 0 radical (unpaired) electrons. The second kappa shape index (κ2) is 6.13. The van der Waals surface area contributed by atoms with E-state index in [4.69, 9.17) is 14.1 Å². The zero-order valence-electron chi connectivity index (χ0n) is 14.9. The molecule has 2 aromatic rings. The van der Waals surface area contributed by atoms with Crippen molar-refractivity contribution in [3.05, 3.63) is 35.6 Å². The van der Waals surface area contributed by atoms with Gasteiger partial charge in [-0.15, -0.1) is 0 Å². The molecule has 2 aliphatic rings. The van der Waals surface area contributed by atoms with Crippen molar-refractivity contribution in [2.24, 2.45) is 5.41 Å². The Morgan fingerprint density at radius 3 is 2.50 bits per heavy atom. The first-order chi connectivity index (χ1) is 12.3. The van der Waals surface area contributed by atoms with Gasteiger partial charge in [-0.25, -0.2) is 4.98 Å². The van der Waals surface area contributed by atoms with E-state index >= 15 is 0 Å². The minimum absolute atomic E-state index is 0.0718. The largest absolute Gasteiger partial charge is 0.339 e. The van der Waals surface area contributed by atoms with Gasteiger partial charge < -0.3 is 4.52 Å². The van der Waals surface area contributed by atoms with E-state index in [2.05, 4.69) is 24.0 Å². The highest BCUT2D eigenvalue weighted by molar-refractivity contribution is 7.85. The third-order valence-corrected chi connectivity index (χ3v) is 6.67. The molecule has 0 amide bonds. The fourth-order valence-electron chi connectivity index (χ4n) is 4.35. The van der Waals surface area contributed by atoms with E-state index < -0.39 is 10.1 Å². The summed E-state index contributed by atoms with van der Waals surface area (Å²) in [6.45, 7) is 4.26. The molecule has 1 N–H and O–H groups in total. The van der Waals surface area contributed by atoms with E-state index in [0.717, 1.165) is 24.2 Å². The molecule has 2 fully saturated rings. The number of hydrogen-bond acceptors (Lipinski definition) is 6. The fourth-order valence-corrected chi connectivity index (χ4v) is 4.78. The minimum atomic E-state index is -4.28. The molecule has 0 unspecified atom stereocenters. The third kappa shape index (κ3) is 3.05. The third-order valence-electron chi connectivity index (χ3n) is 5.90. The van der Waals surface area contributed by atoms with Crippen LogP contribution >= 0.6 is 0 Å². The monoisotopic (exact) mass is 377 g/mol. The van der Waals surface area contributed by atoms with E-state index in [1.54, 1.807) is 6.07 Å². The molecule has 2 aliphatic carbocycles. The van der Waals surface area contributed by atoms with Crippen LogP contribution in [0.2, 0.25) is 0 Å². The Morgan fingerprint density at radius 2 is 1.88 bits per heavy atom. The van der Waals surface area contributed by atoms with Gasteiger partial charge in [0.25, 0.3) is 0 Å². The van der Waals surface area contributed by atoms with Crippen molar-refractivity contribution in [1.29, 1.82) is 0 Å². The summed E-state index contributed by atoms with van der Waals surface area (Å²) in [4.78, 5) is 8.57. The first kappa shape index (κ1) is 17.6. The molecule has 140 valence electrons. The molecule has 0 spiro atoms. The summed E-state index contributed by atoms with van der Waals surface area (Å²) < 4.78 is 37.0. The summed E-state index contributed by atoms with van der Waals surface area (Å²) in [6, 6.07) is 3.03. The van der Waals surface area contributed by atoms with Crippen LogP contribution in [0, 0.1) is 5.41 Å². The van der Waals surface area contributed by atoms with Gasteiger partial charge >= 0.3 is 10.1 Å². The Labute approximate surface area is 153 Å². The van der Waals surface area contributed by atoms with Crippen LogP contribution < -0.4 is 0 Å². The fraction of sp³-hybridized carbons (Fsp3) is 0.611. The standard InChI is InChI=1S/C18H23N3O4S/c1-18(2)14(12-8-9-13(19-10-12)26(22,23)24)15(18)17-20-16(21-25-17)11-6-4-3-5-7-11/h8-11,14-15H,3-7H2,1-2H3,(H,22,23,24)/t14-,15+/m1/s1. The highest BCUT2D eigenvalue weighted by Crippen LogP contribution is 2.69. The molecule has 2 aromatic heterocycles. The summed E-state index contributed by atoms with van der Waals surface area (Å²) in [5.74, 6) is 2.09. The van der Waals surface area contributed by atoms with Crippen LogP contribution in [0.4, 0.5) is 0 Å². The average Bonchev–Trinajstić information content (AvgIpc) is 2.95. The summed E-state index contributed by atoms with van der Waals surface area (Å²) >= 11 is 0. The van der Waals surface area contributed by atoms with Gasteiger partial charge in [-0.3, -0.25) is 4.55 Å². The lowest BCUT2D eigenvalue weighted by Gasteiger charge is -2.17. The zero-order chi connectivity index (χ0) is 18.5. The van der Waals surface area contributed by atoms with Crippen LogP contribution in [0.5, 0.6) is 0 Å². The van der Waals surface area contributed by atoms with Crippen LogP contribution in [-0.2, 0) is 10.1 Å². The first-order valence-corrected chi connectivity index (χ1v) is 10.5. The van der Waals surface area contributed by atoms with Crippen molar-refractivity contribution in [3.8, 4) is 0 Å². The molecular formula is C18H23N3O4S. The number of nitrogens with zero attached hydrogens (tertiary/aromatic N) is 3. The van der Waals surface area contributed by atoms with Crippen molar-refractivity contribution in [1.82, 2.24) is 15.1 Å². The van der Waals surface area contributed by atoms with Crippen LogP contribution in [-0.4, -0.2) is 28.1 Å². The number of rotatable bonds is 4. The Kier molecular flexibility index (Phi) is 4.15. The predicted octanol–water partition coefficient (Wildman–Crippen LogP) is 3.67. The Bertz CT molecular complexity index is 899. The smallest absolute Gasteiger partial charge is 0.312 e. The Hall–Kier alpha value is -1.80. The van der Waals surface area contributed by atoms with Crippen molar-refractivity contribution in [2.45, 2.75) is 68.7 Å². The lowest BCUT2D eigenvalue weighted by atomic mass is 9.89. The van der Waals surface area contributed by atoms with Gasteiger partial charge in [0.05, 0.1) is 5.92 Å². The van der Waals surface area contributed by atoms with Gasteiger partial charge in [-0.2, -0.15) is 13.4 Å². The van der Waals surface area contributed by atoms with Crippen LogP contribution in [0.1, 0.15) is 81.0 Å². The first-order valence-electron chi connectivity index (χ1n) is 9.05. The van der Waals surface area contributed by atoms with Crippen LogP contribution in [0.15, 0.2) is 27.9 Å². The van der Waals surface area contributed by atoms with E-state index in [-0.39, 0.29) is 22.3 Å². The normalized spacial score (nSPS) is 26.0. The SMILES string of the molecule is CC1(C)[C@H](c2ccc(S(=O)(=O)O)nc2)[C@H]1c1nc(C2CCCCC2)no1. The molecule has 2 heterocycles. The second-order valence-corrected chi connectivity index (χ2v) is 9.38. The van der Waals surface area contributed by atoms with Crippen LogP contribution in [0.25, 0.3) is 0 Å². The quantitative estimate of drug-likeness (QED) is 0.810. The van der Waals surface area contributed by atoms with Gasteiger partial charge in [-0.1, -0.05) is 44.3 Å². The number of aromatic nitrogens is 3. The van der Waals surface area contributed by atoms with Crippen molar-refractivity contribution in [3.63, 3.8) is 0 Å². The maximum atomic E-state index is 11.2.